The normalized spacial score (nSPS) is 20.2. The van der Waals surface area contributed by atoms with E-state index in [2.05, 4.69) is 11.8 Å². The van der Waals surface area contributed by atoms with Gasteiger partial charge < -0.3 is 0 Å². The summed E-state index contributed by atoms with van der Waals surface area (Å²) in [5, 5.41) is 0. The third-order valence-electron chi connectivity index (χ3n) is 4.57. The summed E-state index contributed by atoms with van der Waals surface area (Å²) < 4.78 is 0. The highest BCUT2D eigenvalue weighted by atomic mass is 16.1. The van der Waals surface area contributed by atoms with E-state index in [-0.39, 0.29) is 0 Å². The van der Waals surface area contributed by atoms with Crippen molar-refractivity contribution in [3.8, 4) is 0 Å². The first kappa shape index (κ1) is 17.7. The van der Waals surface area contributed by atoms with Crippen LogP contribution in [0.2, 0.25) is 0 Å². The lowest BCUT2D eigenvalue weighted by Gasteiger charge is -2.35. The third-order valence-corrected chi connectivity index (χ3v) is 4.57. The number of carbonyl (C=O) groups is 1. The Morgan fingerprint density at radius 2 is 1.65 bits per heavy atom. The third kappa shape index (κ3) is 8.04. The molecule has 1 heterocycles. The van der Waals surface area contributed by atoms with Crippen LogP contribution in [0.5, 0.6) is 0 Å². The maximum atomic E-state index is 11.3. The summed E-state index contributed by atoms with van der Waals surface area (Å²) in [5.74, 6) is 0.359. The number of hydrogen-bond donors (Lipinski definition) is 0. The summed E-state index contributed by atoms with van der Waals surface area (Å²) in [7, 11) is 0. The summed E-state index contributed by atoms with van der Waals surface area (Å²) in [6, 6.07) is 0.547. The summed E-state index contributed by atoms with van der Waals surface area (Å²) in [5.41, 5.74) is 0. The number of rotatable bonds is 11. The zero-order valence-electron chi connectivity index (χ0n) is 13.8. The quantitative estimate of drug-likeness (QED) is 0.499. The van der Waals surface area contributed by atoms with Gasteiger partial charge in [0.15, 0.2) is 0 Å². The topological polar surface area (TPSA) is 20.3 Å². The van der Waals surface area contributed by atoms with Crippen molar-refractivity contribution in [1.29, 1.82) is 0 Å². The van der Waals surface area contributed by atoms with Crippen molar-refractivity contribution in [3.63, 3.8) is 0 Å². The highest BCUT2D eigenvalue weighted by molar-refractivity contribution is 5.76. The Kier molecular flexibility index (Phi) is 10.00. The number of likely N-dealkylation sites (tertiary alicyclic amines) is 1. The van der Waals surface area contributed by atoms with Crippen LogP contribution in [0.3, 0.4) is 0 Å². The summed E-state index contributed by atoms with van der Waals surface area (Å²) in [4.78, 5) is 13.9. The molecule has 0 aliphatic carbocycles. The number of hydrogen-bond acceptors (Lipinski definition) is 2. The van der Waals surface area contributed by atoms with Gasteiger partial charge in [0, 0.05) is 12.5 Å². The van der Waals surface area contributed by atoms with Gasteiger partial charge in [0.25, 0.3) is 0 Å². The number of ketones is 1. The minimum atomic E-state index is 0.359. The van der Waals surface area contributed by atoms with Crippen LogP contribution in [0.15, 0.2) is 0 Å². The molecule has 1 saturated heterocycles. The van der Waals surface area contributed by atoms with E-state index in [4.69, 9.17) is 0 Å². The summed E-state index contributed by atoms with van der Waals surface area (Å²) in [6.45, 7) is 6.44. The van der Waals surface area contributed by atoms with Gasteiger partial charge in [0.1, 0.15) is 5.78 Å². The smallest absolute Gasteiger partial charge is 0.131 e. The second kappa shape index (κ2) is 11.3. The van der Waals surface area contributed by atoms with E-state index >= 15 is 0 Å². The minimum Gasteiger partial charge on any atom is -0.300 e. The Balaban J connectivity index is 2.05. The molecule has 0 amide bonds. The predicted octanol–water partition coefficient (Wildman–Crippen LogP) is 4.96. The van der Waals surface area contributed by atoms with Gasteiger partial charge in [-0.25, -0.2) is 0 Å². The van der Waals surface area contributed by atoms with Crippen LogP contribution in [-0.2, 0) is 4.79 Å². The molecule has 2 heteroatoms. The van der Waals surface area contributed by atoms with Gasteiger partial charge in [0.05, 0.1) is 0 Å². The van der Waals surface area contributed by atoms with Crippen molar-refractivity contribution in [2.24, 2.45) is 0 Å². The zero-order valence-corrected chi connectivity index (χ0v) is 13.8. The second-order valence-electron chi connectivity index (χ2n) is 6.57. The maximum Gasteiger partial charge on any atom is 0.131 e. The second-order valence-corrected chi connectivity index (χ2v) is 6.57. The number of carbonyl (C=O) groups excluding carboxylic acids is 1. The molecule has 1 rings (SSSR count). The molecule has 0 aromatic rings. The van der Waals surface area contributed by atoms with Crippen molar-refractivity contribution < 1.29 is 4.79 Å². The molecule has 20 heavy (non-hydrogen) atoms. The number of nitrogens with zero attached hydrogens (tertiary/aromatic N) is 1. The SMILES string of the molecule is CCCCCCCCCCN1CCCCC1CC(C)=O. The molecule has 0 bridgehead atoms. The van der Waals surface area contributed by atoms with E-state index in [1.54, 1.807) is 6.92 Å². The summed E-state index contributed by atoms with van der Waals surface area (Å²) in [6.07, 6.45) is 15.7. The van der Waals surface area contributed by atoms with Crippen molar-refractivity contribution in [3.05, 3.63) is 0 Å². The van der Waals surface area contributed by atoms with Crippen molar-refractivity contribution in [2.75, 3.05) is 13.1 Å². The van der Waals surface area contributed by atoms with Crippen molar-refractivity contribution in [1.82, 2.24) is 4.90 Å². The van der Waals surface area contributed by atoms with E-state index in [1.807, 2.05) is 0 Å². The Labute approximate surface area is 126 Å². The predicted molar refractivity (Wildman–Crippen MR) is 87.1 cm³/mol. The van der Waals surface area contributed by atoms with Gasteiger partial charge >= 0.3 is 0 Å². The van der Waals surface area contributed by atoms with E-state index in [0.29, 0.717) is 11.8 Å². The standard InChI is InChI=1S/C18H35NO/c1-3-4-5-6-7-8-9-11-14-19-15-12-10-13-18(19)16-17(2)20/h18H,3-16H2,1-2H3. The first-order chi connectivity index (χ1) is 9.74. The molecular weight excluding hydrogens is 246 g/mol. The highest BCUT2D eigenvalue weighted by Crippen LogP contribution is 2.20. The molecule has 1 atom stereocenters. The molecule has 1 unspecified atom stereocenters. The molecule has 1 aliphatic heterocycles. The number of Topliss-reactive ketones (excluding diaryl/α,β-unsaturated/α-hetero) is 1. The van der Waals surface area contributed by atoms with Crippen molar-refractivity contribution >= 4 is 5.78 Å². The number of piperidine rings is 1. The molecule has 1 aliphatic rings. The van der Waals surface area contributed by atoms with E-state index in [9.17, 15) is 4.79 Å². The average molecular weight is 281 g/mol. The molecular formula is C18H35NO. The molecule has 2 nitrogen and oxygen atoms in total. The van der Waals surface area contributed by atoms with Crippen LogP contribution in [0.4, 0.5) is 0 Å². The molecule has 0 radical (unpaired) electrons. The van der Waals surface area contributed by atoms with Gasteiger partial charge in [-0.05, 0) is 39.3 Å². The molecule has 0 saturated carbocycles. The fourth-order valence-electron chi connectivity index (χ4n) is 3.37. The van der Waals surface area contributed by atoms with Crippen LogP contribution in [0.1, 0.15) is 90.9 Å². The fourth-order valence-corrected chi connectivity index (χ4v) is 3.37. The Morgan fingerprint density at radius 1 is 1.00 bits per heavy atom. The lowest BCUT2D eigenvalue weighted by Crippen LogP contribution is -2.41. The van der Waals surface area contributed by atoms with Crippen LogP contribution in [0.25, 0.3) is 0 Å². The van der Waals surface area contributed by atoms with Gasteiger partial charge in [0.2, 0.25) is 0 Å². The van der Waals surface area contributed by atoms with Gasteiger partial charge in [-0.2, -0.15) is 0 Å². The Hall–Kier alpha value is -0.370. The molecule has 0 aromatic carbocycles. The van der Waals surface area contributed by atoms with E-state index in [1.165, 1.54) is 83.7 Å². The highest BCUT2D eigenvalue weighted by Gasteiger charge is 2.22. The molecule has 0 aromatic heterocycles. The largest absolute Gasteiger partial charge is 0.300 e. The van der Waals surface area contributed by atoms with E-state index < -0.39 is 0 Å². The first-order valence-corrected chi connectivity index (χ1v) is 8.97. The fraction of sp³-hybridized carbons (Fsp3) is 0.944. The van der Waals surface area contributed by atoms with Gasteiger partial charge in [-0.15, -0.1) is 0 Å². The Morgan fingerprint density at radius 3 is 2.30 bits per heavy atom. The van der Waals surface area contributed by atoms with Crippen LogP contribution >= 0.6 is 0 Å². The minimum absolute atomic E-state index is 0.359. The van der Waals surface area contributed by atoms with Crippen LogP contribution < -0.4 is 0 Å². The zero-order chi connectivity index (χ0) is 14.6. The lowest BCUT2D eigenvalue weighted by molar-refractivity contribution is -0.118. The monoisotopic (exact) mass is 281 g/mol. The molecule has 0 N–H and O–H groups in total. The Bertz CT molecular complexity index is 252. The molecule has 0 spiro atoms. The van der Waals surface area contributed by atoms with Crippen molar-refractivity contribution in [2.45, 2.75) is 96.9 Å². The lowest BCUT2D eigenvalue weighted by atomic mass is 9.97. The molecule has 1 fully saturated rings. The first-order valence-electron chi connectivity index (χ1n) is 8.97. The maximum absolute atomic E-state index is 11.3. The van der Waals surface area contributed by atoms with Gasteiger partial charge in [-0.3, -0.25) is 9.69 Å². The molecule has 118 valence electrons. The summed E-state index contributed by atoms with van der Waals surface area (Å²) >= 11 is 0. The number of unbranched alkanes of at least 4 members (excludes halogenated alkanes) is 7. The average Bonchev–Trinajstić information content (AvgIpc) is 2.43. The van der Waals surface area contributed by atoms with Crippen LogP contribution in [-0.4, -0.2) is 29.8 Å². The van der Waals surface area contributed by atoms with Gasteiger partial charge in [-0.1, -0.05) is 58.3 Å². The van der Waals surface area contributed by atoms with Crippen LogP contribution in [0, 0.1) is 0 Å². The van der Waals surface area contributed by atoms with E-state index in [0.717, 1.165) is 6.42 Å².